The summed E-state index contributed by atoms with van der Waals surface area (Å²) in [5.41, 5.74) is 0.349. The zero-order chi connectivity index (χ0) is 17.7. The van der Waals surface area contributed by atoms with Crippen LogP contribution in [0.4, 0.5) is 0 Å². The predicted octanol–water partition coefficient (Wildman–Crippen LogP) is 1.11. The molecule has 1 aromatic rings. The van der Waals surface area contributed by atoms with Gasteiger partial charge in [-0.3, -0.25) is 9.69 Å². The van der Waals surface area contributed by atoms with E-state index >= 15 is 0 Å². The first kappa shape index (κ1) is 18.9. The van der Waals surface area contributed by atoms with Gasteiger partial charge in [0.2, 0.25) is 0 Å². The number of rotatable bonds is 8. The molecule has 0 aliphatic carbocycles. The number of carbonyl (C=O) groups excluding carboxylic acids is 1. The first-order chi connectivity index (χ1) is 11.3. The van der Waals surface area contributed by atoms with Gasteiger partial charge in [0.25, 0.3) is 5.91 Å². The summed E-state index contributed by atoms with van der Waals surface area (Å²) in [5.74, 6) is 0.856. The molecular weight excluding hydrogens is 330 g/mol. The first-order valence-corrected chi connectivity index (χ1v) is 10.5. The van der Waals surface area contributed by atoms with E-state index < -0.39 is 9.84 Å². The minimum Gasteiger partial charge on any atom is -0.448 e. The van der Waals surface area contributed by atoms with Crippen molar-refractivity contribution in [3.05, 3.63) is 17.8 Å². The highest BCUT2D eigenvalue weighted by Gasteiger charge is 2.34. The monoisotopic (exact) mass is 357 g/mol. The maximum Gasteiger partial charge on any atom is 0.273 e. The molecule has 1 N–H and O–H groups in total. The Hall–Kier alpha value is -1.41. The van der Waals surface area contributed by atoms with E-state index in [0.717, 1.165) is 19.4 Å². The van der Waals surface area contributed by atoms with Crippen LogP contribution < -0.4 is 5.32 Å². The van der Waals surface area contributed by atoms with Gasteiger partial charge in [-0.05, 0) is 12.3 Å². The van der Waals surface area contributed by atoms with Crippen LogP contribution in [0.5, 0.6) is 0 Å². The van der Waals surface area contributed by atoms with Crippen molar-refractivity contribution < 1.29 is 17.6 Å². The lowest BCUT2D eigenvalue weighted by Crippen LogP contribution is -2.41. The summed E-state index contributed by atoms with van der Waals surface area (Å²) in [6.07, 6.45) is 5.19. The zero-order valence-corrected chi connectivity index (χ0v) is 15.4. The highest BCUT2D eigenvalue weighted by molar-refractivity contribution is 7.90. The van der Waals surface area contributed by atoms with E-state index in [2.05, 4.69) is 22.1 Å². The molecule has 0 aromatic carbocycles. The van der Waals surface area contributed by atoms with Crippen LogP contribution in [-0.4, -0.2) is 61.9 Å². The molecule has 0 saturated carbocycles. The van der Waals surface area contributed by atoms with Crippen molar-refractivity contribution >= 4 is 15.7 Å². The molecule has 1 aliphatic rings. The fraction of sp³-hybridized carbons (Fsp3) is 0.750. The SMILES string of the molecule is CCC[C@H]1CN(CCS(C)(=O)=O)C[C@@H]1NC(=O)c1ncoc1CC. The van der Waals surface area contributed by atoms with E-state index in [4.69, 9.17) is 4.42 Å². The Morgan fingerprint density at radius 1 is 1.42 bits per heavy atom. The molecule has 2 atom stereocenters. The average molecular weight is 357 g/mol. The number of oxazole rings is 1. The van der Waals surface area contributed by atoms with Crippen LogP contribution >= 0.6 is 0 Å². The number of aromatic nitrogens is 1. The number of nitrogens with zero attached hydrogens (tertiary/aromatic N) is 2. The molecule has 136 valence electrons. The molecule has 1 fully saturated rings. The van der Waals surface area contributed by atoms with Gasteiger partial charge in [-0.15, -0.1) is 0 Å². The lowest BCUT2D eigenvalue weighted by Gasteiger charge is -2.18. The van der Waals surface area contributed by atoms with Gasteiger partial charge in [0.1, 0.15) is 15.6 Å². The number of carbonyl (C=O) groups is 1. The number of hydrogen-bond acceptors (Lipinski definition) is 6. The van der Waals surface area contributed by atoms with Crippen molar-refractivity contribution in [2.45, 2.75) is 39.2 Å². The highest BCUT2D eigenvalue weighted by atomic mass is 32.2. The van der Waals surface area contributed by atoms with Crippen LogP contribution in [0.25, 0.3) is 0 Å². The van der Waals surface area contributed by atoms with Crippen molar-refractivity contribution in [3.63, 3.8) is 0 Å². The molecule has 7 nitrogen and oxygen atoms in total. The maximum absolute atomic E-state index is 12.5. The molecular formula is C16H27N3O4S. The summed E-state index contributed by atoms with van der Waals surface area (Å²) in [6.45, 7) is 6.03. The molecule has 1 saturated heterocycles. The molecule has 1 amide bonds. The van der Waals surface area contributed by atoms with Gasteiger partial charge in [-0.25, -0.2) is 13.4 Å². The number of amides is 1. The number of sulfone groups is 1. The fourth-order valence-electron chi connectivity index (χ4n) is 3.21. The topological polar surface area (TPSA) is 92.5 Å². The molecule has 0 radical (unpaired) electrons. The number of nitrogens with one attached hydrogen (secondary N) is 1. The number of aryl methyl sites for hydroxylation is 1. The van der Waals surface area contributed by atoms with Crippen LogP contribution in [0.3, 0.4) is 0 Å². The van der Waals surface area contributed by atoms with E-state index in [1.165, 1.54) is 12.6 Å². The van der Waals surface area contributed by atoms with Crippen LogP contribution in [0, 0.1) is 5.92 Å². The standard InChI is InChI=1S/C16H27N3O4S/c1-4-6-12-9-19(7-8-24(3,21)22)10-13(12)18-16(20)15-14(5-2)23-11-17-15/h11-13H,4-10H2,1-3H3,(H,18,20)/t12-,13-/m0/s1. The van der Waals surface area contributed by atoms with Crippen LogP contribution in [0.1, 0.15) is 42.9 Å². The quantitative estimate of drug-likeness (QED) is 0.749. The van der Waals surface area contributed by atoms with Gasteiger partial charge in [-0.2, -0.15) is 0 Å². The molecule has 0 unspecified atom stereocenters. The second kappa shape index (κ2) is 8.11. The van der Waals surface area contributed by atoms with E-state index in [9.17, 15) is 13.2 Å². The summed E-state index contributed by atoms with van der Waals surface area (Å²) in [5, 5.41) is 3.07. The minimum absolute atomic E-state index is 0.0124. The lowest BCUT2D eigenvalue weighted by atomic mass is 9.98. The summed E-state index contributed by atoms with van der Waals surface area (Å²) in [7, 11) is -2.98. The Morgan fingerprint density at radius 2 is 2.17 bits per heavy atom. The van der Waals surface area contributed by atoms with Gasteiger partial charge in [0, 0.05) is 38.4 Å². The molecule has 24 heavy (non-hydrogen) atoms. The largest absolute Gasteiger partial charge is 0.448 e. The Morgan fingerprint density at radius 3 is 2.79 bits per heavy atom. The number of likely N-dealkylation sites (tertiary alicyclic amines) is 1. The van der Waals surface area contributed by atoms with Crippen molar-refractivity contribution in [3.8, 4) is 0 Å². The van der Waals surface area contributed by atoms with Crippen molar-refractivity contribution in [1.29, 1.82) is 0 Å². The third-order valence-corrected chi connectivity index (χ3v) is 5.37. The van der Waals surface area contributed by atoms with E-state index in [-0.39, 0.29) is 17.7 Å². The molecule has 8 heteroatoms. The maximum atomic E-state index is 12.5. The summed E-state index contributed by atoms with van der Waals surface area (Å²) < 4.78 is 28.0. The van der Waals surface area contributed by atoms with Crippen LogP contribution in [-0.2, 0) is 16.3 Å². The third-order valence-electron chi connectivity index (χ3n) is 4.45. The van der Waals surface area contributed by atoms with Crippen molar-refractivity contribution in [1.82, 2.24) is 15.2 Å². The summed E-state index contributed by atoms with van der Waals surface area (Å²) >= 11 is 0. The highest BCUT2D eigenvalue weighted by Crippen LogP contribution is 2.22. The van der Waals surface area contributed by atoms with Gasteiger partial charge >= 0.3 is 0 Å². The smallest absolute Gasteiger partial charge is 0.273 e. The van der Waals surface area contributed by atoms with E-state index in [0.29, 0.717) is 36.9 Å². The molecule has 0 spiro atoms. The average Bonchev–Trinajstić information content (AvgIpc) is 3.12. The second-order valence-corrected chi connectivity index (χ2v) is 8.76. The van der Waals surface area contributed by atoms with E-state index in [1.807, 2.05) is 6.92 Å². The van der Waals surface area contributed by atoms with Gasteiger partial charge < -0.3 is 9.73 Å². The molecule has 2 rings (SSSR count). The Labute approximate surface area is 143 Å². The Kier molecular flexibility index (Phi) is 6.40. The molecule has 0 bridgehead atoms. The van der Waals surface area contributed by atoms with Gasteiger partial charge in [0.05, 0.1) is 5.75 Å². The van der Waals surface area contributed by atoms with Gasteiger partial charge in [-0.1, -0.05) is 20.3 Å². The first-order valence-electron chi connectivity index (χ1n) is 8.47. The van der Waals surface area contributed by atoms with E-state index in [1.54, 1.807) is 0 Å². The molecule has 2 heterocycles. The lowest BCUT2D eigenvalue weighted by molar-refractivity contribution is 0.0922. The Balaban J connectivity index is 2.00. The van der Waals surface area contributed by atoms with Crippen LogP contribution in [0.2, 0.25) is 0 Å². The summed E-state index contributed by atoms with van der Waals surface area (Å²) in [6, 6.07) is 0.0124. The number of hydrogen-bond donors (Lipinski definition) is 1. The third kappa shape index (κ3) is 5.04. The van der Waals surface area contributed by atoms with Crippen molar-refractivity contribution in [2.75, 3.05) is 31.6 Å². The molecule has 1 aromatic heterocycles. The second-order valence-electron chi connectivity index (χ2n) is 6.50. The minimum atomic E-state index is -2.98. The summed E-state index contributed by atoms with van der Waals surface area (Å²) in [4.78, 5) is 18.6. The fourth-order valence-corrected chi connectivity index (χ4v) is 3.80. The van der Waals surface area contributed by atoms with Crippen LogP contribution in [0.15, 0.2) is 10.8 Å². The zero-order valence-electron chi connectivity index (χ0n) is 14.6. The predicted molar refractivity (Wildman–Crippen MR) is 91.7 cm³/mol. The molecule has 1 aliphatic heterocycles. The Bertz CT molecular complexity index is 656. The van der Waals surface area contributed by atoms with Crippen molar-refractivity contribution in [2.24, 2.45) is 5.92 Å². The van der Waals surface area contributed by atoms with Gasteiger partial charge in [0.15, 0.2) is 12.1 Å². The normalized spacial score (nSPS) is 22.0.